The summed E-state index contributed by atoms with van der Waals surface area (Å²) in [7, 11) is 3.98. The van der Waals surface area contributed by atoms with Crippen molar-refractivity contribution in [2.24, 2.45) is 5.73 Å². The van der Waals surface area contributed by atoms with E-state index in [0.717, 1.165) is 5.56 Å². The van der Waals surface area contributed by atoms with E-state index in [2.05, 4.69) is 45.0 Å². The Bertz CT molecular complexity index is 388. The molecule has 1 aromatic rings. The lowest BCUT2D eigenvalue weighted by atomic mass is 9.86. The fourth-order valence-corrected chi connectivity index (χ4v) is 2.23. The summed E-state index contributed by atoms with van der Waals surface area (Å²) in [6, 6.07) is 8.56. The Morgan fingerprint density at radius 1 is 1.18 bits per heavy atom. The maximum absolute atomic E-state index is 5.78. The molecule has 2 nitrogen and oxygen atoms in total. The first kappa shape index (κ1) is 14.1. The molecule has 0 spiro atoms. The average Bonchev–Trinajstić information content (AvgIpc) is 2.15. The minimum absolute atomic E-state index is 0.0130. The third kappa shape index (κ3) is 3.51. The second kappa shape index (κ2) is 5.15. The Morgan fingerprint density at radius 3 is 1.94 bits per heavy atom. The van der Waals surface area contributed by atoms with Gasteiger partial charge in [0, 0.05) is 0 Å². The number of thiocarbonyl (C=S) groups is 1. The minimum Gasteiger partial charge on any atom is -0.392 e. The molecule has 1 atom stereocenters. The molecule has 0 heterocycles. The monoisotopic (exact) mass is 250 g/mol. The van der Waals surface area contributed by atoms with Crippen molar-refractivity contribution >= 4 is 17.2 Å². The van der Waals surface area contributed by atoms with E-state index in [9.17, 15) is 0 Å². The molecule has 1 rings (SSSR count). The quantitative estimate of drug-likeness (QED) is 0.836. The number of hydrogen-bond acceptors (Lipinski definition) is 2. The number of hydrogen-bond donors (Lipinski definition) is 1. The van der Waals surface area contributed by atoms with Crippen LogP contribution in [-0.4, -0.2) is 24.0 Å². The third-order valence-corrected chi connectivity index (χ3v) is 3.10. The van der Waals surface area contributed by atoms with Crippen molar-refractivity contribution in [1.82, 2.24) is 4.90 Å². The fraction of sp³-hybridized carbons (Fsp3) is 0.500. The Kier molecular flexibility index (Phi) is 4.28. The number of rotatable bonds is 3. The maximum atomic E-state index is 5.78. The van der Waals surface area contributed by atoms with Crippen LogP contribution in [0, 0.1) is 0 Å². The lowest BCUT2D eigenvalue weighted by molar-refractivity contribution is 0.371. The molecule has 1 aromatic carbocycles. The zero-order valence-corrected chi connectivity index (χ0v) is 12.1. The molecule has 0 fully saturated rings. The molecule has 0 aromatic heterocycles. The summed E-state index contributed by atoms with van der Waals surface area (Å²) in [5, 5.41) is 0. The smallest absolute Gasteiger partial charge is 0.0948 e. The van der Waals surface area contributed by atoms with Crippen LogP contribution < -0.4 is 5.73 Å². The second-order valence-corrected chi connectivity index (χ2v) is 6.11. The van der Waals surface area contributed by atoms with Crippen molar-refractivity contribution in [2.45, 2.75) is 32.2 Å². The summed E-state index contributed by atoms with van der Waals surface area (Å²) in [5.74, 6) is 0. The average molecular weight is 250 g/mol. The summed E-state index contributed by atoms with van der Waals surface area (Å²) in [5.41, 5.74) is 8.43. The Labute approximate surface area is 110 Å². The van der Waals surface area contributed by atoms with Gasteiger partial charge < -0.3 is 5.73 Å². The van der Waals surface area contributed by atoms with Gasteiger partial charge in [-0.05, 0) is 30.6 Å². The maximum Gasteiger partial charge on any atom is 0.0948 e. The van der Waals surface area contributed by atoms with Gasteiger partial charge in [0.15, 0.2) is 0 Å². The predicted molar refractivity (Wildman–Crippen MR) is 78.4 cm³/mol. The molecule has 0 aliphatic heterocycles. The van der Waals surface area contributed by atoms with Gasteiger partial charge in [-0.2, -0.15) is 0 Å². The largest absolute Gasteiger partial charge is 0.392 e. The van der Waals surface area contributed by atoms with Gasteiger partial charge in [0.25, 0.3) is 0 Å². The SMILES string of the molecule is CN(C)C(C(N)=S)c1ccc(C(C)(C)C)cc1. The highest BCUT2D eigenvalue weighted by molar-refractivity contribution is 7.80. The van der Waals surface area contributed by atoms with Gasteiger partial charge in [0.05, 0.1) is 11.0 Å². The van der Waals surface area contributed by atoms with Gasteiger partial charge in [0.2, 0.25) is 0 Å². The highest BCUT2D eigenvalue weighted by atomic mass is 32.1. The van der Waals surface area contributed by atoms with E-state index in [1.807, 2.05) is 19.0 Å². The second-order valence-electron chi connectivity index (χ2n) is 5.64. The highest BCUT2D eigenvalue weighted by Crippen LogP contribution is 2.25. The highest BCUT2D eigenvalue weighted by Gasteiger charge is 2.18. The van der Waals surface area contributed by atoms with E-state index in [0.29, 0.717) is 4.99 Å². The van der Waals surface area contributed by atoms with Crippen LogP contribution in [0.15, 0.2) is 24.3 Å². The summed E-state index contributed by atoms with van der Waals surface area (Å²) < 4.78 is 0. The molecule has 0 bridgehead atoms. The van der Waals surface area contributed by atoms with E-state index in [-0.39, 0.29) is 11.5 Å². The lowest BCUT2D eigenvalue weighted by Crippen LogP contribution is -2.31. The minimum atomic E-state index is 0.0130. The van der Waals surface area contributed by atoms with Crippen molar-refractivity contribution in [3.63, 3.8) is 0 Å². The molecule has 3 heteroatoms. The van der Waals surface area contributed by atoms with Crippen LogP contribution in [0.4, 0.5) is 0 Å². The molecule has 1 unspecified atom stereocenters. The number of benzene rings is 1. The predicted octanol–water partition coefficient (Wildman–Crippen LogP) is 2.87. The topological polar surface area (TPSA) is 29.3 Å². The van der Waals surface area contributed by atoms with Crippen molar-refractivity contribution < 1.29 is 0 Å². The fourth-order valence-electron chi connectivity index (χ4n) is 1.88. The summed E-state index contributed by atoms with van der Waals surface area (Å²) in [6.07, 6.45) is 0. The van der Waals surface area contributed by atoms with E-state index in [1.54, 1.807) is 0 Å². The standard InChI is InChI=1S/C14H22N2S/c1-14(2,3)11-8-6-10(7-9-11)12(13(15)17)16(4)5/h6-9,12H,1-5H3,(H2,15,17). The van der Waals surface area contributed by atoms with Gasteiger partial charge >= 0.3 is 0 Å². The zero-order valence-electron chi connectivity index (χ0n) is 11.3. The van der Waals surface area contributed by atoms with Crippen LogP contribution in [0.5, 0.6) is 0 Å². The Hall–Kier alpha value is -0.930. The third-order valence-electron chi connectivity index (χ3n) is 2.88. The summed E-state index contributed by atoms with van der Waals surface area (Å²) in [4.78, 5) is 2.55. The van der Waals surface area contributed by atoms with E-state index in [4.69, 9.17) is 18.0 Å². The van der Waals surface area contributed by atoms with Crippen LogP contribution in [0.2, 0.25) is 0 Å². The van der Waals surface area contributed by atoms with E-state index < -0.39 is 0 Å². The van der Waals surface area contributed by atoms with Crippen molar-refractivity contribution in [2.75, 3.05) is 14.1 Å². The van der Waals surface area contributed by atoms with E-state index >= 15 is 0 Å². The molecule has 0 saturated carbocycles. The first-order valence-electron chi connectivity index (χ1n) is 5.79. The normalized spacial score (nSPS) is 13.8. The molecule has 0 radical (unpaired) electrons. The zero-order chi connectivity index (χ0) is 13.2. The van der Waals surface area contributed by atoms with Gasteiger partial charge in [-0.15, -0.1) is 0 Å². The molecular weight excluding hydrogens is 228 g/mol. The van der Waals surface area contributed by atoms with Crippen LogP contribution in [0.25, 0.3) is 0 Å². The van der Waals surface area contributed by atoms with Crippen molar-refractivity contribution in [3.8, 4) is 0 Å². The molecule has 17 heavy (non-hydrogen) atoms. The van der Waals surface area contributed by atoms with Crippen LogP contribution >= 0.6 is 12.2 Å². The lowest BCUT2D eigenvalue weighted by Gasteiger charge is -2.25. The first-order chi connectivity index (χ1) is 7.73. The number of nitrogens with two attached hydrogens (primary N) is 1. The molecular formula is C14H22N2S. The molecule has 0 aliphatic rings. The van der Waals surface area contributed by atoms with Crippen LogP contribution in [0.1, 0.15) is 37.9 Å². The molecule has 94 valence electrons. The summed E-state index contributed by atoms with van der Waals surface area (Å²) >= 11 is 5.12. The Balaban J connectivity index is 3.05. The van der Waals surface area contributed by atoms with Crippen LogP contribution in [0.3, 0.4) is 0 Å². The van der Waals surface area contributed by atoms with Gasteiger partial charge in [-0.25, -0.2) is 0 Å². The number of nitrogens with zero attached hydrogens (tertiary/aromatic N) is 1. The molecule has 0 amide bonds. The molecule has 0 aliphatic carbocycles. The van der Waals surface area contributed by atoms with Crippen molar-refractivity contribution in [1.29, 1.82) is 0 Å². The van der Waals surface area contributed by atoms with Crippen molar-refractivity contribution in [3.05, 3.63) is 35.4 Å². The summed E-state index contributed by atoms with van der Waals surface area (Å²) in [6.45, 7) is 6.62. The van der Waals surface area contributed by atoms with Gasteiger partial charge in [-0.1, -0.05) is 57.3 Å². The van der Waals surface area contributed by atoms with Crippen LogP contribution in [-0.2, 0) is 5.41 Å². The Morgan fingerprint density at radius 2 is 1.65 bits per heavy atom. The molecule has 0 saturated heterocycles. The van der Waals surface area contributed by atoms with Gasteiger partial charge in [0.1, 0.15) is 0 Å². The van der Waals surface area contributed by atoms with E-state index in [1.165, 1.54) is 5.56 Å². The molecule has 2 N–H and O–H groups in total. The first-order valence-corrected chi connectivity index (χ1v) is 6.20. The number of likely N-dealkylation sites (N-methyl/N-ethyl adjacent to an activating group) is 1. The van der Waals surface area contributed by atoms with Gasteiger partial charge in [-0.3, -0.25) is 4.90 Å².